The Balaban J connectivity index is 3.16. The van der Waals surface area contributed by atoms with Gasteiger partial charge in [0.25, 0.3) is 0 Å². The first-order valence-electron chi connectivity index (χ1n) is 1.84. The van der Waals surface area contributed by atoms with E-state index in [1.165, 1.54) is 0 Å². The summed E-state index contributed by atoms with van der Waals surface area (Å²) in [6, 6.07) is 0. The fraction of sp³-hybridized carbons (Fsp3) is 0.750. The van der Waals surface area contributed by atoms with Crippen LogP contribution in [0.5, 0.6) is 0 Å². The lowest BCUT2D eigenvalue weighted by Gasteiger charge is -1.93. The van der Waals surface area contributed by atoms with E-state index in [4.69, 9.17) is 0 Å². The lowest BCUT2D eigenvalue weighted by molar-refractivity contribution is 0.540. The predicted octanol–water partition coefficient (Wildman–Crippen LogP) is 1.50. The first kappa shape index (κ1) is 7.63. The standard InChI is InChI=1S/C4H5Br2O/c5-1-4(2-6)3-7/h4H,1-2H2. The highest BCUT2D eigenvalue weighted by molar-refractivity contribution is 9.09. The minimum Gasteiger partial charge on any atom is -0.291 e. The van der Waals surface area contributed by atoms with Gasteiger partial charge in [-0.15, -0.1) is 0 Å². The molecule has 0 aromatic carbocycles. The van der Waals surface area contributed by atoms with E-state index in [9.17, 15) is 4.79 Å². The summed E-state index contributed by atoms with van der Waals surface area (Å²) in [7, 11) is 0. The Labute approximate surface area is 59.7 Å². The molecule has 1 radical (unpaired) electrons. The average molecular weight is 229 g/mol. The lowest BCUT2D eigenvalue weighted by atomic mass is 10.3. The van der Waals surface area contributed by atoms with Gasteiger partial charge in [-0.05, 0) is 0 Å². The summed E-state index contributed by atoms with van der Waals surface area (Å²) in [6.45, 7) is 0. The molecule has 0 amide bonds. The molecule has 3 heteroatoms. The Morgan fingerprint density at radius 2 is 1.86 bits per heavy atom. The molecule has 0 rings (SSSR count). The van der Waals surface area contributed by atoms with Gasteiger partial charge >= 0.3 is 0 Å². The quantitative estimate of drug-likeness (QED) is 0.670. The molecule has 0 saturated heterocycles. The first-order chi connectivity index (χ1) is 3.35. The molecule has 7 heavy (non-hydrogen) atoms. The van der Waals surface area contributed by atoms with Gasteiger partial charge in [-0.3, -0.25) is 4.79 Å². The van der Waals surface area contributed by atoms with Crippen LogP contribution in [-0.4, -0.2) is 16.9 Å². The maximum Gasteiger partial charge on any atom is 0.203 e. The third-order valence-electron chi connectivity index (χ3n) is 0.539. The number of hydrogen-bond acceptors (Lipinski definition) is 1. The highest BCUT2D eigenvalue weighted by atomic mass is 79.9. The van der Waals surface area contributed by atoms with Crippen LogP contribution in [0.15, 0.2) is 0 Å². The molecule has 41 valence electrons. The number of carbonyl (C=O) groups excluding carboxylic acids is 1. The van der Waals surface area contributed by atoms with Crippen LogP contribution in [-0.2, 0) is 4.79 Å². The topological polar surface area (TPSA) is 17.1 Å². The number of alkyl halides is 2. The molecule has 0 aliphatic heterocycles. The Morgan fingerprint density at radius 3 is 1.86 bits per heavy atom. The van der Waals surface area contributed by atoms with E-state index in [0.717, 1.165) is 0 Å². The summed E-state index contributed by atoms with van der Waals surface area (Å²) in [5, 5.41) is 1.39. The maximum absolute atomic E-state index is 9.78. The third-order valence-corrected chi connectivity index (χ3v) is 2.10. The Hall–Kier alpha value is 0.630. The molecule has 0 unspecified atom stereocenters. The largest absolute Gasteiger partial charge is 0.291 e. The van der Waals surface area contributed by atoms with Crippen LogP contribution in [0.1, 0.15) is 0 Å². The molecule has 0 aliphatic rings. The Morgan fingerprint density at radius 1 is 1.43 bits per heavy atom. The molecule has 0 aliphatic carbocycles. The third kappa shape index (κ3) is 3.23. The molecule has 0 heterocycles. The second-order valence-corrected chi connectivity index (χ2v) is 2.42. The van der Waals surface area contributed by atoms with Crippen molar-refractivity contribution in [2.24, 2.45) is 5.92 Å². The molecule has 0 atom stereocenters. The van der Waals surface area contributed by atoms with Crippen LogP contribution in [0.4, 0.5) is 0 Å². The maximum atomic E-state index is 9.78. The smallest absolute Gasteiger partial charge is 0.203 e. The van der Waals surface area contributed by atoms with Crippen LogP contribution < -0.4 is 0 Å². The molecule has 0 aromatic rings. The van der Waals surface area contributed by atoms with Crippen molar-refractivity contribution in [3.63, 3.8) is 0 Å². The summed E-state index contributed by atoms with van der Waals surface area (Å²) < 4.78 is 0. The molecule has 0 aromatic heterocycles. The van der Waals surface area contributed by atoms with Crippen molar-refractivity contribution < 1.29 is 4.79 Å². The molecular formula is C4H5Br2O. The molecule has 0 spiro atoms. The monoisotopic (exact) mass is 227 g/mol. The van der Waals surface area contributed by atoms with Gasteiger partial charge in [-0.1, -0.05) is 31.9 Å². The first-order valence-corrected chi connectivity index (χ1v) is 4.09. The number of hydrogen-bond donors (Lipinski definition) is 0. The zero-order valence-corrected chi connectivity index (χ0v) is 6.83. The summed E-state index contributed by atoms with van der Waals surface area (Å²) in [5.74, 6) is 0.0139. The van der Waals surface area contributed by atoms with Gasteiger partial charge in [0.15, 0.2) is 0 Å². The van der Waals surface area contributed by atoms with Crippen LogP contribution in [0.2, 0.25) is 0 Å². The van der Waals surface area contributed by atoms with Crippen molar-refractivity contribution in [1.82, 2.24) is 0 Å². The summed E-state index contributed by atoms with van der Waals surface area (Å²) in [4.78, 5) is 9.78. The molecule has 0 N–H and O–H groups in total. The van der Waals surface area contributed by atoms with E-state index in [-0.39, 0.29) is 5.92 Å². The van der Waals surface area contributed by atoms with E-state index in [2.05, 4.69) is 31.9 Å². The van der Waals surface area contributed by atoms with Gasteiger partial charge in [0, 0.05) is 16.6 Å². The zero-order valence-electron chi connectivity index (χ0n) is 3.66. The second kappa shape index (κ2) is 4.78. The molecule has 0 saturated carbocycles. The summed E-state index contributed by atoms with van der Waals surface area (Å²) in [5.41, 5.74) is 0. The van der Waals surface area contributed by atoms with Crippen molar-refractivity contribution in [1.29, 1.82) is 0 Å². The number of halogens is 2. The minimum absolute atomic E-state index is 0.0139. The van der Waals surface area contributed by atoms with E-state index in [1.807, 2.05) is 6.29 Å². The van der Waals surface area contributed by atoms with E-state index in [1.54, 1.807) is 0 Å². The average Bonchev–Trinajstić information content (AvgIpc) is 1.72. The Bertz CT molecular complexity index is 51.7. The minimum atomic E-state index is 0.0139. The zero-order chi connectivity index (χ0) is 5.70. The van der Waals surface area contributed by atoms with Gasteiger partial charge in [0.05, 0.1) is 0 Å². The fourth-order valence-corrected chi connectivity index (χ4v) is 1.44. The van der Waals surface area contributed by atoms with Gasteiger partial charge < -0.3 is 0 Å². The van der Waals surface area contributed by atoms with Crippen LogP contribution in [0.3, 0.4) is 0 Å². The van der Waals surface area contributed by atoms with Gasteiger partial charge in [0.1, 0.15) is 0 Å². The van der Waals surface area contributed by atoms with Crippen molar-refractivity contribution in [2.45, 2.75) is 0 Å². The van der Waals surface area contributed by atoms with Crippen LogP contribution >= 0.6 is 31.9 Å². The molecule has 0 fully saturated rings. The van der Waals surface area contributed by atoms with Gasteiger partial charge in [-0.25, -0.2) is 0 Å². The highest BCUT2D eigenvalue weighted by Gasteiger charge is 2.00. The van der Waals surface area contributed by atoms with E-state index in [0.29, 0.717) is 10.7 Å². The normalized spacial score (nSPS) is 9.57. The summed E-state index contributed by atoms with van der Waals surface area (Å²) >= 11 is 6.29. The molecular weight excluding hydrogens is 224 g/mol. The second-order valence-electron chi connectivity index (χ2n) is 1.12. The van der Waals surface area contributed by atoms with Crippen molar-refractivity contribution in [3.05, 3.63) is 0 Å². The van der Waals surface area contributed by atoms with Crippen molar-refractivity contribution in [2.75, 3.05) is 10.7 Å². The van der Waals surface area contributed by atoms with Crippen LogP contribution in [0, 0.1) is 5.92 Å². The van der Waals surface area contributed by atoms with E-state index < -0.39 is 0 Å². The van der Waals surface area contributed by atoms with Crippen molar-refractivity contribution in [3.8, 4) is 0 Å². The lowest BCUT2D eigenvalue weighted by Crippen LogP contribution is -2.03. The SMILES string of the molecule is O=[C]C(CBr)CBr. The van der Waals surface area contributed by atoms with Gasteiger partial charge in [0.2, 0.25) is 6.29 Å². The fourth-order valence-electron chi connectivity index (χ4n) is 0.104. The van der Waals surface area contributed by atoms with E-state index >= 15 is 0 Å². The molecule has 0 bridgehead atoms. The van der Waals surface area contributed by atoms with Crippen molar-refractivity contribution >= 4 is 38.1 Å². The Kier molecular flexibility index (Phi) is 5.21. The van der Waals surface area contributed by atoms with Gasteiger partial charge in [-0.2, -0.15) is 0 Å². The predicted molar refractivity (Wildman–Crippen MR) is 36.8 cm³/mol. The highest BCUT2D eigenvalue weighted by Crippen LogP contribution is 2.00. The van der Waals surface area contributed by atoms with Crippen LogP contribution in [0.25, 0.3) is 0 Å². The molecule has 1 nitrogen and oxygen atoms in total. The number of rotatable bonds is 3. The summed E-state index contributed by atoms with van der Waals surface area (Å²) in [6.07, 6.45) is 1.86.